The van der Waals surface area contributed by atoms with Crippen molar-refractivity contribution in [3.8, 4) is 0 Å². The Hall–Kier alpha value is -1.29. The highest BCUT2D eigenvalue weighted by molar-refractivity contribution is 9.10. The van der Waals surface area contributed by atoms with E-state index in [1.54, 1.807) is 6.20 Å². The Kier molecular flexibility index (Phi) is 3.06. The smallest absolute Gasteiger partial charge is 0.0571 e. The van der Waals surface area contributed by atoms with Crippen LogP contribution in [0.4, 0.5) is 5.69 Å². The van der Waals surface area contributed by atoms with E-state index in [-0.39, 0.29) is 0 Å². The van der Waals surface area contributed by atoms with E-state index in [0.29, 0.717) is 0 Å². The van der Waals surface area contributed by atoms with Crippen molar-refractivity contribution in [3.63, 3.8) is 0 Å². The first kappa shape index (κ1) is 10.2. The van der Waals surface area contributed by atoms with Crippen LogP contribution in [-0.4, -0.2) is 9.78 Å². The molecule has 2 rings (SSSR count). The van der Waals surface area contributed by atoms with Gasteiger partial charge in [-0.15, -0.1) is 0 Å². The molecule has 4 heteroatoms. The lowest BCUT2D eigenvalue weighted by molar-refractivity contribution is 0.720. The van der Waals surface area contributed by atoms with E-state index >= 15 is 0 Å². The SMILES string of the molecule is Cn1nccc1CNc1ccc(Br)cc1. The summed E-state index contributed by atoms with van der Waals surface area (Å²) >= 11 is 3.40. The minimum Gasteiger partial charge on any atom is -0.379 e. The summed E-state index contributed by atoms with van der Waals surface area (Å²) in [5, 5.41) is 7.45. The van der Waals surface area contributed by atoms with Gasteiger partial charge in [0.15, 0.2) is 0 Å². The maximum atomic E-state index is 4.11. The molecule has 1 N–H and O–H groups in total. The number of nitrogens with one attached hydrogen (secondary N) is 1. The quantitative estimate of drug-likeness (QED) is 0.925. The Morgan fingerprint density at radius 2 is 2.00 bits per heavy atom. The maximum absolute atomic E-state index is 4.11. The van der Waals surface area contributed by atoms with Crippen LogP contribution < -0.4 is 5.32 Å². The van der Waals surface area contributed by atoms with Crippen LogP contribution >= 0.6 is 15.9 Å². The van der Waals surface area contributed by atoms with Crippen LogP contribution in [0.25, 0.3) is 0 Å². The lowest BCUT2D eigenvalue weighted by Gasteiger charge is -2.06. The molecule has 0 aliphatic heterocycles. The average Bonchev–Trinajstić information content (AvgIpc) is 2.63. The van der Waals surface area contributed by atoms with Crippen molar-refractivity contribution in [2.75, 3.05) is 5.32 Å². The molecule has 0 unspecified atom stereocenters. The fraction of sp³-hybridized carbons (Fsp3) is 0.182. The lowest BCUT2D eigenvalue weighted by atomic mass is 10.3. The lowest BCUT2D eigenvalue weighted by Crippen LogP contribution is -2.05. The van der Waals surface area contributed by atoms with Gasteiger partial charge in [0.1, 0.15) is 0 Å². The molecule has 1 heterocycles. The second kappa shape index (κ2) is 4.49. The Bertz CT molecular complexity index is 433. The number of halogens is 1. The van der Waals surface area contributed by atoms with Gasteiger partial charge in [-0.3, -0.25) is 4.68 Å². The molecule has 1 aromatic carbocycles. The molecule has 1 aromatic heterocycles. The van der Waals surface area contributed by atoms with E-state index in [2.05, 4.69) is 26.3 Å². The van der Waals surface area contributed by atoms with Crippen molar-refractivity contribution >= 4 is 21.6 Å². The van der Waals surface area contributed by atoms with Gasteiger partial charge in [0.05, 0.1) is 12.2 Å². The zero-order valence-electron chi connectivity index (χ0n) is 8.44. The third-order valence-corrected chi connectivity index (χ3v) is 2.77. The van der Waals surface area contributed by atoms with Gasteiger partial charge in [0.2, 0.25) is 0 Å². The summed E-state index contributed by atoms with van der Waals surface area (Å²) in [7, 11) is 1.94. The topological polar surface area (TPSA) is 29.9 Å². The van der Waals surface area contributed by atoms with Crippen molar-refractivity contribution in [1.29, 1.82) is 0 Å². The molecule has 0 aliphatic carbocycles. The van der Waals surface area contributed by atoms with Crippen LogP contribution in [0.1, 0.15) is 5.69 Å². The van der Waals surface area contributed by atoms with Gasteiger partial charge in [-0.05, 0) is 30.3 Å². The predicted molar refractivity (Wildman–Crippen MR) is 64.7 cm³/mol. The normalized spacial score (nSPS) is 10.3. The highest BCUT2D eigenvalue weighted by Crippen LogP contribution is 2.14. The molecule has 0 bridgehead atoms. The molecule has 78 valence electrons. The van der Waals surface area contributed by atoms with E-state index in [4.69, 9.17) is 0 Å². The van der Waals surface area contributed by atoms with E-state index < -0.39 is 0 Å². The van der Waals surface area contributed by atoms with Crippen LogP contribution in [0.5, 0.6) is 0 Å². The zero-order valence-corrected chi connectivity index (χ0v) is 10.0. The summed E-state index contributed by atoms with van der Waals surface area (Å²) in [5.41, 5.74) is 2.28. The Balaban J connectivity index is 1.99. The van der Waals surface area contributed by atoms with Crippen molar-refractivity contribution in [2.24, 2.45) is 7.05 Å². The molecule has 2 aromatic rings. The molecule has 0 amide bonds. The number of aromatic nitrogens is 2. The minimum absolute atomic E-state index is 0.790. The number of nitrogens with zero attached hydrogens (tertiary/aromatic N) is 2. The molecule has 3 nitrogen and oxygen atoms in total. The molecule has 0 atom stereocenters. The van der Waals surface area contributed by atoms with Crippen LogP contribution in [0.2, 0.25) is 0 Å². The van der Waals surface area contributed by atoms with Crippen molar-refractivity contribution in [1.82, 2.24) is 9.78 Å². The summed E-state index contributed by atoms with van der Waals surface area (Å²) in [5.74, 6) is 0. The first-order chi connectivity index (χ1) is 7.25. The number of rotatable bonds is 3. The number of benzene rings is 1. The Morgan fingerprint density at radius 3 is 2.60 bits per heavy atom. The van der Waals surface area contributed by atoms with E-state index in [9.17, 15) is 0 Å². The fourth-order valence-corrected chi connectivity index (χ4v) is 1.60. The van der Waals surface area contributed by atoms with Gasteiger partial charge in [0.25, 0.3) is 0 Å². The van der Waals surface area contributed by atoms with E-state index in [1.165, 1.54) is 0 Å². The minimum atomic E-state index is 0.790. The van der Waals surface area contributed by atoms with Gasteiger partial charge < -0.3 is 5.32 Å². The van der Waals surface area contributed by atoms with Gasteiger partial charge >= 0.3 is 0 Å². The standard InChI is InChI=1S/C11H12BrN3/c1-15-11(6-7-14-15)8-13-10-4-2-9(12)3-5-10/h2-7,13H,8H2,1H3. The number of aryl methyl sites for hydroxylation is 1. The third kappa shape index (κ3) is 2.59. The summed E-state index contributed by atoms with van der Waals surface area (Å²) in [6.07, 6.45) is 1.80. The molecule has 0 radical (unpaired) electrons. The monoisotopic (exact) mass is 265 g/mol. The molecule has 0 fully saturated rings. The predicted octanol–water partition coefficient (Wildman–Crippen LogP) is 2.79. The first-order valence-electron chi connectivity index (χ1n) is 4.72. The number of hydrogen-bond acceptors (Lipinski definition) is 2. The molecule has 0 aliphatic rings. The molecule has 15 heavy (non-hydrogen) atoms. The summed E-state index contributed by atoms with van der Waals surface area (Å²) in [6, 6.07) is 10.1. The van der Waals surface area contributed by atoms with Gasteiger partial charge in [-0.2, -0.15) is 5.10 Å². The van der Waals surface area contributed by atoms with E-state index in [1.807, 2.05) is 42.1 Å². The number of anilines is 1. The highest BCUT2D eigenvalue weighted by Gasteiger charge is 1.97. The van der Waals surface area contributed by atoms with Gasteiger partial charge in [-0.1, -0.05) is 15.9 Å². The molecule has 0 saturated carbocycles. The van der Waals surface area contributed by atoms with Crippen molar-refractivity contribution in [2.45, 2.75) is 6.54 Å². The summed E-state index contributed by atoms with van der Waals surface area (Å²) in [6.45, 7) is 0.790. The van der Waals surface area contributed by atoms with E-state index in [0.717, 1.165) is 22.4 Å². The van der Waals surface area contributed by atoms with Gasteiger partial charge in [0, 0.05) is 23.4 Å². The third-order valence-electron chi connectivity index (χ3n) is 2.24. The Morgan fingerprint density at radius 1 is 1.27 bits per heavy atom. The largest absolute Gasteiger partial charge is 0.379 e. The number of hydrogen-bond donors (Lipinski definition) is 1. The maximum Gasteiger partial charge on any atom is 0.0571 e. The summed E-state index contributed by atoms with van der Waals surface area (Å²) in [4.78, 5) is 0. The Labute approximate surface area is 97.2 Å². The molecule has 0 spiro atoms. The van der Waals surface area contributed by atoms with Crippen LogP contribution in [-0.2, 0) is 13.6 Å². The highest BCUT2D eigenvalue weighted by atomic mass is 79.9. The second-order valence-electron chi connectivity index (χ2n) is 3.31. The van der Waals surface area contributed by atoms with Crippen molar-refractivity contribution in [3.05, 3.63) is 46.7 Å². The molecular formula is C11H12BrN3. The second-order valence-corrected chi connectivity index (χ2v) is 4.22. The van der Waals surface area contributed by atoms with Crippen LogP contribution in [0.3, 0.4) is 0 Å². The zero-order chi connectivity index (χ0) is 10.7. The van der Waals surface area contributed by atoms with Gasteiger partial charge in [-0.25, -0.2) is 0 Å². The molecular weight excluding hydrogens is 254 g/mol. The van der Waals surface area contributed by atoms with Crippen LogP contribution in [0.15, 0.2) is 41.0 Å². The first-order valence-corrected chi connectivity index (χ1v) is 5.51. The average molecular weight is 266 g/mol. The summed E-state index contributed by atoms with van der Waals surface area (Å²) < 4.78 is 2.96. The fourth-order valence-electron chi connectivity index (χ4n) is 1.34. The van der Waals surface area contributed by atoms with Crippen LogP contribution in [0, 0.1) is 0 Å². The molecule has 0 saturated heterocycles. The van der Waals surface area contributed by atoms with Crippen molar-refractivity contribution < 1.29 is 0 Å².